The van der Waals surface area contributed by atoms with Gasteiger partial charge >= 0.3 is 0 Å². The lowest BCUT2D eigenvalue weighted by Gasteiger charge is -2.09. The van der Waals surface area contributed by atoms with Gasteiger partial charge in [0.05, 0.1) is 11.2 Å². The minimum atomic E-state index is 0.835. The van der Waals surface area contributed by atoms with E-state index in [0.717, 1.165) is 39.9 Å². The third kappa shape index (κ3) is 2.67. The van der Waals surface area contributed by atoms with Crippen LogP contribution in [0.3, 0.4) is 0 Å². The van der Waals surface area contributed by atoms with E-state index >= 15 is 0 Å². The van der Waals surface area contributed by atoms with Crippen molar-refractivity contribution < 1.29 is 0 Å². The van der Waals surface area contributed by atoms with Crippen molar-refractivity contribution in [2.24, 2.45) is 7.05 Å². The monoisotopic (exact) mass is 330 g/mol. The Morgan fingerprint density at radius 2 is 2.20 bits per heavy atom. The van der Waals surface area contributed by atoms with Crippen LogP contribution in [0.1, 0.15) is 5.82 Å². The molecule has 0 radical (unpaired) electrons. The fraction of sp³-hybridized carbons (Fsp3) is 0.200. The summed E-state index contributed by atoms with van der Waals surface area (Å²) in [6.45, 7) is 0.835. The number of aryl methyl sites for hydroxylation is 1. The van der Waals surface area contributed by atoms with E-state index in [-0.39, 0.29) is 0 Å². The molecule has 0 aliphatic carbocycles. The predicted octanol–water partition coefficient (Wildman–Crippen LogP) is 3.39. The van der Waals surface area contributed by atoms with E-state index in [0.29, 0.717) is 0 Å². The van der Waals surface area contributed by atoms with Crippen LogP contribution in [0.2, 0.25) is 0 Å². The number of nitrogens with zero attached hydrogens (tertiary/aromatic N) is 3. The second kappa shape index (κ2) is 5.63. The molecule has 0 saturated carbocycles. The van der Waals surface area contributed by atoms with Gasteiger partial charge in [0.1, 0.15) is 5.82 Å². The molecule has 5 heteroatoms. The first-order chi connectivity index (χ1) is 9.74. The predicted molar refractivity (Wildman–Crippen MR) is 84.8 cm³/mol. The van der Waals surface area contributed by atoms with Gasteiger partial charge in [-0.15, -0.1) is 0 Å². The number of nitrogens with one attached hydrogen (secondary N) is 1. The summed E-state index contributed by atoms with van der Waals surface area (Å²) in [4.78, 5) is 8.81. The van der Waals surface area contributed by atoms with Crippen molar-refractivity contribution in [1.29, 1.82) is 0 Å². The number of anilines is 1. The van der Waals surface area contributed by atoms with Crippen molar-refractivity contribution in [3.63, 3.8) is 0 Å². The number of pyridine rings is 1. The van der Waals surface area contributed by atoms with Gasteiger partial charge in [-0.25, -0.2) is 4.98 Å². The zero-order chi connectivity index (χ0) is 13.9. The first-order valence-corrected chi connectivity index (χ1v) is 7.28. The molecule has 2 heterocycles. The van der Waals surface area contributed by atoms with E-state index in [1.54, 1.807) is 0 Å². The number of hydrogen-bond donors (Lipinski definition) is 1. The van der Waals surface area contributed by atoms with Gasteiger partial charge in [-0.05, 0) is 28.1 Å². The molecule has 20 heavy (non-hydrogen) atoms. The molecule has 0 aliphatic rings. The highest BCUT2D eigenvalue weighted by Gasteiger charge is 2.03. The van der Waals surface area contributed by atoms with Crippen LogP contribution in [0.4, 0.5) is 5.69 Å². The number of rotatable bonds is 4. The van der Waals surface area contributed by atoms with Gasteiger partial charge in [0.2, 0.25) is 0 Å². The minimum absolute atomic E-state index is 0.835. The van der Waals surface area contributed by atoms with Crippen molar-refractivity contribution in [3.8, 4) is 0 Å². The maximum absolute atomic E-state index is 4.48. The van der Waals surface area contributed by atoms with E-state index < -0.39 is 0 Å². The molecule has 0 amide bonds. The van der Waals surface area contributed by atoms with Crippen LogP contribution in [0.15, 0.2) is 47.3 Å². The van der Waals surface area contributed by atoms with Crippen LogP contribution < -0.4 is 5.32 Å². The largest absolute Gasteiger partial charge is 0.383 e. The molecule has 3 rings (SSSR count). The van der Waals surface area contributed by atoms with Crippen LogP contribution in [0.5, 0.6) is 0 Å². The number of imidazole rings is 1. The highest BCUT2D eigenvalue weighted by Crippen LogP contribution is 2.23. The Kier molecular flexibility index (Phi) is 3.69. The Bertz CT molecular complexity index is 736. The van der Waals surface area contributed by atoms with Gasteiger partial charge in [0.15, 0.2) is 0 Å². The minimum Gasteiger partial charge on any atom is -0.383 e. The lowest BCUT2D eigenvalue weighted by atomic mass is 10.2. The van der Waals surface area contributed by atoms with Gasteiger partial charge < -0.3 is 9.88 Å². The zero-order valence-electron chi connectivity index (χ0n) is 11.2. The molecule has 0 saturated heterocycles. The van der Waals surface area contributed by atoms with Crippen molar-refractivity contribution in [1.82, 2.24) is 14.5 Å². The molecule has 0 atom stereocenters. The standard InChI is InChI=1S/C15H15BrN4/c1-20-8-7-18-14(20)5-6-17-13-4-2-3-11-9-12(16)10-19-15(11)13/h2-4,7-10,17H,5-6H2,1H3. The van der Waals surface area contributed by atoms with Gasteiger partial charge in [-0.1, -0.05) is 12.1 Å². The van der Waals surface area contributed by atoms with E-state index in [9.17, 15) is 0 Å². The summed E-state index contributed by atoms with van der Waals surface area (Å²) < 4.78 is 3.04. The van der Waals surface area contributed by atoms with Crippen molar-refractivity contribution >= 4 is 32.5 Å². The average Bonchev–Trinajstić information content (AvgIpc) is 2.84. The van der Waals surface area contributed by atoms with E-state index in [1.165, 1.54) is 0 Å². The fourth-order valence-electron chi connectivity index (χ4n) is 2.22. The van der Waals surface area contributed by atoms with Crippen LogP contribution in [-0.2, 0) is 13.5 Å². The Morgan fingerprint density at radius 1 is 1.30 bits per heavy atom. The molecule has 1 N–H and O–H groups in total. The fourth-order valence-corrected chi connectivity index (χ4v) is 2.57. The van der Waals surface area contributed by atoms with E-state index in [1.807, 2.05) is 36.3 Å². The number of hydrogen-bond acceptors (Lipinski definition) is 3. The Balaban J connectivity index is 1.76. The van der Waals surface area contributed by atoms with E-state index in [4.69, 9.17) is 0 Å². The highest BCUT2D eigenvalue weighted by atomic mass is 79.9. The maximum atomic E-state index is 4.48. The summed E-state index contributed by atoms with van der Waals surface area (Å²) in [5.74, 6) is 1.08. The molecule has 0 spiro atoms. The summed E-state index contributed by atoms with van der Waals surface area (Å²) in [5.41, 5.74) is 2.06. The Morgan fingerprint density at radius 3 is 3.00 bits per heavy atom. The van der Waals surface area contributed by atoms with Gasteiger partial charge in [-0.3, -0.25) is 4.98 Å². The third-order valence-electron chi connectivity index (χ3n) is 3.26. The molecule has 3 aromatic rings. The smallest absolute Gasteiger partial charge is 0.110 e. The second-order valence-corrected chi connectivity index (χ2v) is 5.58. The van der Waals surface area contributed by atoms with Crippen LogP contribution in [0, 0.1) is 0 Å². The second-order valence-electron chi connectivity index (χ2n) is 4.66. The SMILES string of the molecule is Cn1ccnc1CCNc1cccc2cc(Br)cnc12. The molecule has 4 nitrogen and oxygen atoms in total. The normalized spacial score (nSPS) is 10.9. The number of halogens is 1. The molecule has 0 aliphatic heterocycles. The van der Waals surface area contributed by atoms with Crippen molar-refractivity contribution in [3.05, 3.63) is 53.2 Å². The molecule has 0 bridgehead atoms. The van der Waals surface area contributed by atoms with Crippen LogP contribution in [0.25, 0.3) is 10.9 Å². The van der Waals surface area contributed by atoms with E-state index in [2.05, 4.69) is 49.4 Å². The van der Waals surface area contributed by atoms with Crippen LogP contribution in [-0.4, -0.2) is 21.1 Å². The number of para-hydroxylation sites is 1. The van der Waals surface area contributed by atoms with Crippen LogP contribution >= 0.6 is 15.9 Å². The molecule has 1 aromatic carbocycles. The molecular weight excluding hydrogens is 316 g/mol. The first kappa shape index (κ1) is 13.1. The Labute approximate surface area is 126 Å². The van der Waals surface area contributed by atoms with Gasteiger partial charge in [0, 0.05) is 48.5 Å². The van der Waals surface area contributed by atoms with Crippen molar-refractivity contribution in [2.75, 3.05) is 11.9 Å². The summed E-state index contributed by atoms with van der Waals surface area (Å²) in [5, 5.41) is 4.57. The van der Waals surface area contributed by atoms with Crippen molar-refractivity contribution in [2.45, 2.75) is 6.42 Å². The zero-order valence-corrected chi connectivity index (χ0v) is 12.8. The summed E-state index contributed by atoms with van der Waals surface area (Å²) in [6, 6.07) is 8.24. The molecule has 102 valence electrons. The third-order valence-corrected chi connectivity index (χ3v) is 3.70. The summed E-state index contributed by atoms with van der Waals surface area (Å²) >= 11 is 3.45. The topological polar surface area (TPSA) is 42.7 Å². The molecule has 0 unspecified atom stereocenters. The molecule has 0 fully saturated rings. The lowest BCUT2D eigenvalue weighted by Crippen LogP contribution is -2.09. The van der Waals surface area contributed by atoms with Gasteiger partial charge in [0.25, 0.3) is 0 Å². The summed E-state index contributed by atoms with van der Waals surface area (Å²) in [7, 11) is 2.01. The number of fused-ring (bicyclic) bond motifs is 1. The number of benzene rings is 1. The first-order valence-electron chi connectivity index (χ1n) is 6.48. The number of aromatic nitrogens is 3. The highest BCUT2D eigenvalue weighted by molar-refractivity contribution is 9.10. The Hall–Kier alpha value is -1.88. The quantitative estimate of drug-likeness (QED) is 0.797. The maximum Gasteiger partial charge on any atom is 0.110 e. The molecule has 2 aromatic heterocycles. The van der Waals surface area contributed by atoms with Gasteiger partial charge in [-0.2, -0.15) is 0 Å². The molecular formula is C15H15BrN4. The summed E-state index contributed by atoms with van der Waals surface area (Å²) in [6.07, 6.45) is 6.50. The lowest BCUT2D eigenvalue weighted by molar-refractivity contribution is 0.790. The average molecular weight is 331 g/mol.